The van der Waals surface area contributed by atoms with E-state index in [1.165, 1.54) is 6.08 Å². The van der Waals surface area contributed by atoms with Crippen LogP contribution in [-0.2, 0) is 38.5 Å². The quantitative estimate of drug-likeness (QED) is 0.119. The zero-order chi connectivity index (χ0) is 40.6. The van der Waals surface area contributed by atoms with Crippen molar-refractivity contribution < 1.29 is 37.1 Å². The van der Waals surface area contributed by atoms with Crippen LogP contribution >= 0.6 is 0 Å². The van der Waals surface area contributed by atoms with E-state index in [4.69, 9.17) is 9.47 Å². The van der Waals surface area contributed by atoms with Gasteiger partial charge in [0.05, 0.1) is 40.6 Å². The number of hydrogen-bond acceptors (Lipinski definition) is 8. The van der Waals surface area contributed by atoms with Gasteiger partial charge in [-0.25, -0.2) is 8.42 Å². The Morgan fingerprint density at radius 1 is 0.754 bits per heavy atom. The molecule has 0 spiro atoms. The highest BCUT2D eigenvalue weighted by Crippen LogP contribution is 2.50. The third-order valence-corrected chi connectivity index (χ3v) is 18.7. The molecule has 3 atom stereocenters. The van der Waals surface area contributed by atoms with Gasteiger partial charge in [-0.15, -0.1) is 0 Å². The van der Waals surface area contributed by atoms with Gasteiger partial charge in [-0.05, 0) is 163 Å². The van der Waals surface area contributed by atoms with Gasteiger partial charge in [0.2, 0.25) is 11.8 Å². The number of ether oxygens (including phenoxy) is 2. The van der Waals surface area contributed by atoms with Crippen LogP contribution in [0.1, 0.15) is 150 Å². The Kier molecular flexibility index (Phi) is 12.9. The maximum Gasteiger partial charge on any atom is 0.258 e. The summed E-state index contributed by atoms with van der Waals surface area (Å²) in [5.41, 5.74) is 0.481. The molecular weight excluding hydrogens is 741 g/mol. The summed E-state index contributed by atoms with van der Waals surface area (Å²) in [5.74, 6) is 1.46. The van der Waals surface area contributed by atoms with Crippen LogP contribution in [0.3, 0.4) is 0 Å². The van der Waals surface area contributed by atoms with Gasteiger partial charge in [0, 0.05) is 17.7 Å². The molecule has 5 aliphatic carbocycles. The van der Waals surface area contributed by atoms with E-state index in [0.29, 0.717) is 73.5 Å². The van der Waals surface area contributed by atoms with E-state index < -0.39 is 21.7 Å². The molecule has 316 valence electrons. The van der Waals surface area contributed by atoms with Crippen LogP contribution < -0.4 is 5.32 Å². The van der Waals surface area contributed by atoms with Crippen LogP contribution in [0.5, 0.6) is 0 Å². The number of nitrogens with zero attached hydrogens (tertiary/aromatic N) is 1. The summed E-state index contributed by atoms with van der Waals surface area (Å²) in [6.07, 6.45) is 20.9. The minimum Gasteiger partial charge on any atom is -0.490 e. The molecule has 7 rings (SSSR count). The van der Waals surface area contributed by atoms with Gasteiger partial charge in [-0.1, -0.05) is 34.3 Å². The second-order valence-electron chi connectivity index (χ2n) is 19.7. The van der Waals surface area contributed by atoms with Gasteiger partial charge in [0.25, 0.3) is 11.8 Å². The summed E-state index contributed by atoms with van der Waals surface area (Å²) in [6.45, 7) is 13.2. The van der Waals surface area contributed by atoms with Crippen LogP contribution in [0.15, 0.2) is 36.1 Å². The maximum atomic E-state index is 13.9. The number of likely N-dealkylation sites (tertiary alicyclic amines) is 1. The Morgan fingerprint density at radius 2 is 1.30 bits per heavy atom. The summed E-state index contributed by atoms with van der Waals surface area (Å²) in [4.78, 5) is 52.6. The summed E-state index contributed by atoms with van der Waals surface area (Å²) in [5, 5.41) is 1.68. The molecule has 10 nitrogen and oxygen atoms in total. The Hall–Kier alpha value is -2.79. The van der Waals surface area contributed by atoms with Gasteiger partial charge in [-0.2, -0.15) is 0 Å². The standard InChI is InChI=1S/C46H68N2O8S/c1-6-34(25-30-26-42(49)47-43(30)50)55-35-15-9-31(10-16-35)46(4,5)32-11-17-36(18-12-32)56-37-19-24-40-41(27-37)45(52)48(44(40)51)33-13-22-39(23-14-33)57(53,54)38-20-7-29(8-21-38)28(2)3/h6,25-26,28-29,31-33,35-41H,1,7-24,27H2,2-5H3,(H,47,49,50)/b34-25+. The monoisotopic (exact) mass is 808 g/mol. The highest BCUT2D eigenvalue weighted by molar-refractivity contribution is 7.92. The van der Waals surface area contributed by atoms with E-state index in [1.807, 2.05) is 0 Å². The Morgan fingerprint density at radius 3 is 1.84 bits per heavy atom. The van der Waals surface area contributed by atoms with Gasteiger partial charge >= 0.3 is 0 Å². The first-order valence-corrected chi connectivity index (χ1v) is 24.1. The van der Waals surface area contributed by atoms with Crippen LogP contribution in [0.25, 0.3) is 0 Å². The molecule has 3 unspecified atom stereocenters. The normalized spacial score (nSPS) is 37.2. The van der Waals surface area contributed by atoms with Crippen LogP contribution in [0, 0.1) is 40.9 Å². The van der Waals surface area contributed by atoms with E-state index in [1.54, 1.807) is 17.1 Å². The fourth-order valence-corrected chi connectivity index (χ4v) is 14.5. The molecule has 1 saturated heterocycles. The third-order valence-electron chi connectivity index (χ3n) is 15.9. The molecule has 0 aromatic heterocycles. The third kappa shape index (κ3) is 9.04. The van der Waals surface area contributed by atoms with Crippen molar-refractivity contribution in [1.82, 2.24) is 10.2 Å². The van der Waals surface area contributed by atoms with E-state index in [2.05, 4.69) is 39.6 Å². The van der Waals surface area contributed by atoms with Crippen LogP contribution in [-0.4, -0.2) is 71.8 Å². The number of imide groups is 2. The predicted octanol–water partition coefficient (Wildman–Crippen LogP) is 7.91. The Balaban J connectivity index is 0.842. The number of fused-ring (bicyclic) bond motifs is 1. The zero-order valence-corrected chi connectivity index (χ0v) is 35.7. The smallest absolute Gasteiger partial charge is 0.258 e. The van der Waals surface area contributed by atoms with Crippen molar-refractivity contribution in [1.29, 1.82) is 0 Å². The largest absolute Gasteiger partial charge is 0.490 e. The van der Waals surface area contributed by atoms with Gasteiger partial charge < -0.3 is 9.47 Å². The molecule has 7 aliphatic rings. The lowest BCUT2D eigenvalue weighted by molar-refractivity contribution is -0.143. The zero-order valence-electron chi connectivity index (χ0n) is 34.9. The lowest BCUT2D eigenvalue weighted by Crippen LogP contribution is -2.45. The van der Waals surface area contributed by atoms with Crippen molar-refractivity contribution in [2.75, 3.05) is 0 Å². The van der Waals surface area contributed by atoms with E-state index in [9.17, 15) is 27.6 Å². The van der Waals surface area contributed by atoms with Crippen molar-refractivity contribution in [3.05, 3.63) is 36.1 Å². The van der Waals surface area contributed by atoms with E-state index in [-0.39, 0.29) is 63.9 Å². The topological polar surface area (TPSA) is 136 Å². The van der Waals surface area contributed by atoms with Gasteiger partial charge in [0.1, 0.15) is 5.76 Å². The summed E-state index contributed by atoms with van der Waals surface area (Å²) < 4.78 is 40.2. The minimum absolute atomic E-state index is 0.00575. The van der Waals surface area contributed by atoms with Crippen LogP contribution in [0.2, 0.25) is 0 Å². The van der Waals surface area contributed by atoms with E-state index in [0.717, 1.165) is 83.5 Å². The molecule has 2 aliphatic heterocycles. The van der Waals surface area contributed by atoms with Crippen LogP contribution in [0.4, 0.5) is 0 Å². The highest BCUT2D eigenvalue weighted by atomic mass is 32.2. The van der Waals surface area contributed by atoms with Crippen molar-refractivity contribution >= 4 is 33.5 Å². The highest BCUT2D eigenvalue weighted by Gasteiger charge is 2.53. The number of allylic oxidation sites excluding steroid dienone is 1. The molecule has 0 bridgehead atoms. The fourth-order valence-electron chi connectivity index (χ4n) is 12.1. The number of hydrogen-bond donors (Lipinski definition) is 1. The lowest BCUT2D eigenvalue weighted by Gasteiger charge is -2.47. The SMILES string of the molecule is C=C/C(=C\C1=CC(=O)NC1=O)OC1CCC(C(C)(C)C2CCC(OC3CCC4C(=O)N(C5CCC(S(=O)(=O)C6CCC(C(C)C)CC6)CC5)C(=O)C4C3)CC2)CC1. The van der Waals surface area contributed by atoms with Crippen molar-refractivity contribution in [2.24, 2.45) is 40.9 Å². The summed E-state index contributed by atoms with van der Waals surface area (Å²) >= 11 is 0. The first kappa shape index (κ1) is 42.3. The molecule has 0 aromatic rings. The Bertz CT molecular complexity index is 1700. The number of nitrogens with one attached hydrogen (secondary N) is 1. The molecule has 1 N–H and O–H groups in total. The number of sulfone groups is 1. The maximum absolute atomic E-state index is 13.9. The first-order valence-electron chi connectivity index (χ1n) is 22.5. The number of rotatable bonds is 12. The molecule has 4 amide bonds. The fraction of sp³-hybridized carbons (Fsp3) is 0.783. The summed E-state index contributed by atoms with van der Waals surface area (Å²) in [6, 6.07) is -0.182. The first-order chi connectivity index (χ1) is 27.1. The number of carbonyl (C=O) groups excluding carboxylic acids is 4. The van der Waals surface area contributed by atoms with Crippen molar-refractivity contribution in [2.45, 2.75) is 185 Å². The van der Waals surface area contributed by atoms with Crippen molar-refractivity contribution in [3.63, 3.8) is 0 Å². The molecule has 57 heavy (non-hydrogen) atoms. The lowest BCUT2D eigenvalue weighted by atomic mass is 9.60. The molecular formula is C46H68N2O8S. The molecule has 6 fully saturated rings. The molecule has 0 aromatic carbocycles. The van der Waals surface area contributed by atoms with E-state index >= 15 is 0 Å². The predicted molar refractivity (Wildman–Crippen MR) is 219 cm³/mol. The average molecular weight is 809 g/mol. The summed E-state index contributed by atoms with van der Waals surface area (Å²) in [7, 11) is -3.21. The average Bonchev–Trinajstić information content (AvgIpc) is 3.66. The number of amides is 4. The Labute approximate surface area is 341 Å². The molecule has 0 radical (unpaired) electrons. The van der Waals surface area contributed by atoms with Gasteiger partial charge in [-0.3, -0.25) is 29.4 Å². The molecule has 5 saturated carbocycles. The van der Waals surface area contributed by atoms with Crippen molar-refractivity contribution in [3.8, 4) is 0 Å². The minimum atomic E-state index is -3.21. The second kappa shape index (κ2) is 17.4. The molecule has 11 heteroatoms. The van der Waals surface area contributed by atoms with Gasteiger partial charge in [0.15, 0.2) is 9.84 Å². The molecule has 2 heterocycles. The second-order valence-corrected chi connectivity index (χ2v) is 22.2. The number of carbonyl (C=O) groups is 4.